The molecule has 0 aliphatic carbocycles. The van der Waals surface area contributed by atoms with Gasteiger partial charge in [0.2, 0.25) is 0 Å². The van der Waals surface area contributed by atoms with Crippen LogP contribution in [0.5, 0.6) is 0 Å². The number of fused-ring (bicyclic) bond motifs is 6. The van der Waals surface area contributed by atoms with Crippen LogP contribution in [0.25, 0.3) is 43.4 Å². The van der Waals surface area contributed by atoms with Crippen molar-refractivity contribution < 1.29 is 60.6 Å². The average molecular weight is 789 g/mol. The van der Waals surface area contributed by atoms with Gasteiger partial charge in [-0.3, -0.25) is 20.0 Å². The maximum absolute atomic E-state index is 9.00. The van der Waals surface area contributed by atoms with E-state index in [1.165, 1.54) is 32.8 Å². The molecule has 0 saturated heterocycles. The first-order valence-corrected chi connectivity index (χ1v) is 13.7. The van der Waals surface area contributed by atoms with Gasteiger partial charge >= 0.3 is 0 Å². The van der Waals surface area contributed by atoms with Gasteiger partial charge in [0.1, 0.15) is 0 Å². The monoisotopic (exact) mass is 787 g/mol. The Labute approximate surface area is 293 Å². The minimum Gasteiger partial charge on any atom is -0.481 e. The molecular weight excluding hydrogens is 749 g/mol. The Balaban J connectivity index is 0.000000588. The van der Waals surface area contributed by atoms with Crippen LogP contribution in [-0.4, -0.2) is 32.1 Å². The molecule has 6 rings (SSSR count). The summed E-state index contributed by atoms with van der Waals surface area (Å²) in [6.45, 7) is 14.5. The third-order valence-corrected chi connectivity index (χ3v) is 6.26. The molecule has 0 saturated carbocycles. The Kier molecular flexibility index (Phi) is 18.9. The predicted molar refractivity (Wildman–Crippen MR) is 178 cm³/mol. The van der Waals surface area contributed by atoms with Crippen molar-refractivity contribution in [3.05, 3.63) is 122 Å². The van der Waals surface area contributed by atoms with Gasteiger partial charge in [0.05, 0.1) is 5.52 Å². The number of pyridine rings is 2. The van der Waals surface area contributed by atoms with Crippen LogP contribution in [0.3, 0.4) is 0 Å². The van der Waals surface area contributed by atoms with Gasteiger partial charge in [0.15, 0.2) is 0 Å². The zero-order chi connectivity index (χ0) is 32.0. The second kappa shape index (κ2) is 20.5. The molecule has 2 heterocycles. The second-order valence-corrected chi connectivity index (χ2v) is 10.6. The van der Waals surface area contributed by atoms with Crippen LogP contribution in [0.2, 0.25) is 0 Å². The summed E-state index contributed by atoms with van der Waals surface area (Å²) >= 11 is 0. The van der Waals surface area contributed by atoms with E-state index in [0.29, 0.717) is 0 Å². The number of nitrogens with zero attached hydrogens (tertiary/aromatic N) is 2. The van der Waals surface area contributed by atoms with E-state index in [4.69, 9.17) is 19.8 Å². The average Bonchev–Trinajstić information content (AvgIpc) is 2.97. The molecule has 8 heteroatoms. The molecule has 0 amide bonds. The van der Waals surface area contributed by atoms with Gasteiger partial charge in [0.25, 0.3) is 11.9 Å². The van der Waals surface area contributed by atoms with Crippen molar-refractivity contribution >= 4 is 55.3 Å². The van der Waals surface area contributed by atoms with E-state index in [1.54, 1.807) is 0 Å². The summed E-state index contributed by atoms with van der Waals surface area (Å²) in [5.41, 5.74) is 2.29. The zero-order valence-electron chi connectivity index (χ0n) is 26.3. The minimum absolute atomic E-state index is 0. The fraction of sp³-hybridized carbons (Fsp3) is 0.189. The van der Waals surface area contributed by atoms with E-state index in [0.717, 1.165) is 30.3 Å². The number of aliphatic carboxylic acids is 2. The predicted octanol–water partition coefficient (Wildman–Crippen LogP) is 9.21. The summed E-state index contributed by atoms with van der Waals surface area (Å²) in [7, 11) is 0. The molecule has 45 heavy (non-hydrogen) atoms. The van der Waals surface area contributed by atoms with Gasteiger partial charge in [-0.2, -0.15) is 13.8 Å². The van der Waals surface area contributed by atoms with Gasteiger partial charge in [-0.15, -0.1) is 48.9 Å². The van der Waals surface area contributed by atoms with E-state index in [1.807, 2.05) is 36.7 Å². The van der Waals surface area contributed by atoms with Crippen LogP contribution in [-0.2, 0) is 50.4 Å². The SMILES string of the molecule is CC(=O)O.CC(=O)O.[CH2-]C(C)(C)[C-](C)C.[Pd].[Pd].[c-]1cccc2ccc3cccnc3c12.c1ccc2c(c1)ccc1cccnc12. The van der Waals surface area contributed by atoms with Crippen molar-refractivity contribution in [3.63, 3.8) is 0 Å². The summed E-state index contributed by atoms with van der Waals surface area (Å²) in [6.07, 6.45) is 3.66. The topological polar surface area (TPSA) is 100 Å². The molecule has 0 aliphatic heterocycles. The third kappa shape index (κ3) is 14.4. The van der Waals surface area contributed by atoms with E-state index >= 15 is 0 Å². The molecule has 0 unspecified atom stereocenters. The molecule has 0 spiro atoms. The fourth-order valence-electron chi connectivity index (χ4n) is 3.55. The van der Waals surface area contributed by atoms with Crippen LogP contribution in [0.1, 0.15) is 41.5 Å². The Hall–Kier alpha value is -3.52. The molecule has 0 radical (unpaired) electrons. The number of carboxylic acid groups (broad SMARTS) is 2. The van der Waals surface area contributed by atoms with Crippen molar-refractivity contribution in [2.75, 3.05) is 0 Å². The van der Waals surface area contributed by atoms with Crippen molar-refractivity contribution in [2.45, 2.75) is 41.5 Å². The second-order valence-electron chi connectivity index (χ2n) is 10.6. The van der Waals surface area contributed by atoms with E-state index < -0.39 is 11.9 Å². The molecule has 4 aromatic carbocycles. The van der Waals surface area contributed by atoms with Gasteiger partial charge in [0, 0.05) is 77.9 Å². The standard InChI is InChI=1S/C13H9N.C13H8N.C7H14.2C2H4O2.2Pd/c2*1-2-6-12-10(4-1)7-8-11-5-3-9-14-13(11)12;1-6(2)7(3,4)5;2*1-2(3)4;;/h1-9H;1-5,7-9H;3H2,1-2,4-5H3;2*1H3,(H,3,4);;/q;-1;-2;;;;. The molecule has 244 valence electrons. The number of aromatic nitrogens is 2. The molecule has 6 aromatic rings. The largest absolute Gasteiger partial charge is 0.481 e. The Morgan fingerprint density at radius 3 is 1.62 bits per heavy atom. The first-order chi connectivity index (χ1) is 20.3. The van der Waals surface area contributed by atoms with E-state index in [2.05, 4.69) is 117 Å². The molecule has 0 aliphatic rings. The van der Waals surface area contributed by atoms with Gasteiger partial charge in [-0.1, -0.05) is 60.7 Å². The number of carbonyl (C=O) groups is 2. The number of hydrogen-bond donors (Lipinski definition) is 2. The summed E-state index contributed by atoms with van der Waals surface area (Å²) in [4.78, 5) is 26.8. The molecule has 6 nitrogen and oxygen atoms in total. The first kappa shape index (κ1) is 41.5. The molecular formula is C37H39N2O4Pd2-3. The quantitative estimate of drug-likeness (QED) is 0.0980. The summed E-state index contributed by atoms with van der Waals surface area (Å²) in [6, 6.07) is 34.1. The van der Waals surface area contributed by atoms with Crippen LogP contribution >= 0.6 is 0 Å². The van der Waals surface area contributed by atoms with Gasteiger partial charge in [-0.25, -0.2) is 0 Å². The molecule has 0 fully saturated rings. The number of hydrogen-bond acceptors (Lipinski definition) is 4. The van der Waals surface area contributed by atoms with Gasteiger partial charge in [-0.05, 0) is 28.4 Å². The van der Waals surface area contributed by atoms with Crippen LogP contribution in [0.4, 0.5) is 0 Å². The van der Waals surface area contributed by atoms with Crippen LogP contribution in [0, 0.1) is 24.3 Å². The van der Waals surface area contributed by atoms with Crippen molar-refractivity contribution in [1.29, 1.82) is 0 Å². The summed E-state index contributed by atoms with van der Waals surface area (Å²) < 4.78 is 0. The van der Waals surface area contributed by atoms with E-state index in [-0.39, 0.29) is 46.3 Å². The van der Waals surface area contributed by atoms with Crippen LogP contribution < -0.4 is 0 Å². The maximum Gasteiger partial charge on any atom is 0.300 e. The Bertz CT molecular complexity index is 1540. The maximum atomic E-state index is 9.00. The van der Waals surface area contributed by atoms with E-state index in [9.17, 15) is 0 Å². The van der Waals surface area contributed by atoms with Crippen molar-refractivity contribution in [2.24, 2.45) is 5.41 Å². The van der Waals surface area contributed by atoms with Gasteiger partial charge < -0.3 is 28.0 Å². The summed E-state index contributed by atoms with van der Waals surface area (Å²) in [5, 5.41) is 22.0. The number of rotatable bonds is 1. The number of benzene rings is 4. The molecule has 0 atom stereocenters. The Morgan fingerprint density at radius 1 is 0.689 bits per heavy atom. The van der Waals surface area contributed by atoms with Crippen LogP contribution in [0.15, 0.2) is 103 Å². The normalized spacial score (nSPS) is 9.87. The first-order valence-electron chi connectivity index (χ1n) is 13.7. The smallest absolute Gasteiger partial charge is 0.300 e. The van der Waals surface area contributed by atoms with Crippen molar-refractivity contribution in [3.8, 4) is 0 Å². The summed E-state index contributed by atoms with van der Waals surface area (Å²) in [5.74, 6) is -0.285. The molecule has 2 N–H and O–H groups in total. The number of carboxylic acids is 2. The molecule has 0 bridgehead atoms. The minimum atomic E-state index is -0.833. The van der Waals surface area contributed by atoms with Crippen molar-refractivity contribution in [1.82, 2.24) is 9.97 Å². The Morgan fingerprint density at radius 2 is 1.09 bits per heavy atom. The third-order valence-electron chi connectivity index (χ3n) is 6.26. The zero-order valence-corrected chi connectivity index (χ0v) is 29.4. The molecule has 2 aromatic heterocycles. The fourth-order valence-corrected chi connectivity index (χ4v) is 3.55.